The molecule has 0 aliphatic heterocycles. The molecule has 9 N–H and O–H groups in total. The molecule has 0 aromatic rings. The minimum absolute atomic E-state index is 0.105. The van der Waals surface area contributed by atoms with Crippen molar-refractivity contribution in [2.45, 2.75) is 88.0 Å². The first-order chi connectivity index (χ1) is 15.8. The maximum atomic E-state index is 11.6. The minimum Gasteiger partial charge on any atom is -0.444 e. The van der Waals surface area contributed by atoms with E-state index in [1.165, 1.54) is 0 Å². The van der Waals surface area contributed by atoms with Crippen LogP contribution in [0.1, 0.15) is 33.6 Å². The van der Waals surface area contributed by atoms with E-state index < -0.39 is 79.7 Å². The first kappa shape index (κ1) is 30.6. The average Bonchev–Trinajstić information content (AvgIpc) is 2.77. The molecule has 1 amide bonds. The van der Waals surface area contributed by atoms with Crippen LogP contribution < -0.4 is 5.32 Å². The summed E-state index contributed by atoms with van der Waals surface area (Å²) in [6.07, 6.45) is -11.7. The van der Waals surface area contributed by atoms with E-state index in [2.05, 4.69) is 10.3 Å². The van der Waals surface area contributed by atoms with Crippen molar-refractivity contribution in [2.24, 2.45) is 10.9 Å². The molecule has 0 radical (unpaired) electrons. The summed E-state index contributed by atoms with van der Waals surface area (Å²) in [4.78, 5) is 15.5. The maximum absolute atomic E-state index is 11.6. The molecule has 0 aromatic carbocycles. The summed E-state index contributed by atoms with van der Waals surface area (Å²) in [5.74, 6) is -0.826. The van der Waals surface area contributed by atoms with Crippen LogP contribution in [0.3, 0.4) is 0 Å². The Bertz CT molecular complexity index is 628. The molecule has 0 spiro atoms. The van der Waals surface area contributed by atoms with Gasteiger partial charge in [-0.25, -0.2) is 4.79 Å². The summed E-state index contributed by atoms with van der Waals surface area (Å²) in [6, 6.07) is 0. The molecule has 0 saturated heterocycles. The highest BCUT2D eigenvalue weighted by atomic mass is 16.6. The van der Waals surface area contributed by atoms with Crippen LogP contribution in [0, 0.1) is 5.92 Å². The zero-order valence-electron chi connectivity index (χ0n) is 19.8. The Balaban J connectivity index is 2.63. The quantitative estimate of drug-likeness (QED) is 0.0972. The monoisotopic (exact) mass is 496 g/mol. The lowest BCUT2D eigenvalue weighted by Crippen LogP contribution is -2.58. The lowest BCUT2D eigenvalue weighted by atomic mass is 9.81. The molecule has 1 fully saturated rings. The number of aliphatic hydroxyl groups is 8. The predicted molar refractivity (Wildman–Crippen MR) is 119 cm³/mol. The number of hydrogen-bond acceptors (Lipinski definition) is 12. The van der Waals surface area contributed by atoms with Crippen LogP contribution in [0.2, 0.25) is 0 Å². The van der Waals surface area contributed by atoms with Gasteiger partial charge >= 0.3 is 6.09 Å². The van der Waals surface area contributed by atoms with Crippen molar-refractivity contribution >= 4 is 12.3 Å². The Labute approximate surface area is 198 Å². The molecule has 1 saturated carbocycles. The number of aliphatic imine (C=N–C) groups is 1. The van der Waals surface area contributed by atoms with Gasteiger partial charge in [0.15, 0.2) is 0 Å². The summed E-state index contributed by atoms with van der Waals surface area (Å²) < 4.78 is 10.6. The third-order valence-electron chi connectivity index (χ3n) is 5.31. The van der Waals surface area contributed by atoms with Crippen LogP contribution >= 0.6 is 0 Å². The van der Waals surface area contributed by atoms with Crippen molar-refractivity contribution in [2.75, 3.05) is 26.3 Å². The van der Waals surface area contributed by atoms with Crippen LogP contribution in [0.5, 0.6) is 0 Å². The second kappa shape index (κ2) is 14.2. The van der Waals surface area contributed by atoms with E-state index in [9.17, 15) is 45.6 Å². The van der Waals surface area contributed by atoms with E-state index in [0.29, 0.717) is 6.42 Å². The largest absolute Gasteiger partial charge is 0.444 e. The molecule has 0 aromatic heterocycles. The van der Waals surface area contributed by atoms with E-state index in [1.54, 1.807) is 20.8 Å². The molecule has 200 valence electrons. The highest BCUT2D eigenvalue weighted by Crippen LogP contribution is 2.29. The smallest absolute Gasteiger partial charge is 0.407 e. The zero-order chi connectivity index (χ0) is 26.1. The van der Waals surface area contributed by atoms with Gasteiger partial charge in [0.05, 0.1) is 18.8 Å². The number of amides is 1. The second-order valence-corrected chi connectivity index (χ2v) is 9.36. The van der Waals surface area contributed by atoms with E-state index in [0.717, 1.165) is 6.21 Å². The van der Waals surface area contributed by atoms with Crippen LogP contribution in [-0.4, -0.2) is 134 Å². The fourth-order valence-electron chi connectivity index (χ4n) is 3.44. The van der Waals surface area contributed by atoms with Crippen molar-refractivity contribution < 1.29 is 55.1 Å². The summed E-state index contributed by atoms with van der Waals surface area (Å²) in [7, 11) is 0. The predicted octanol–water partition coefficient (Wildman–Crippen LogP) is -3.10. The Morgan fingerprint density at radius 3 is 2.32 bits per heavy atom. The summed E-state index contributed by atoms with van der Waals surface area (Å²) in [5.41, 5.74) is -0.620. The summed E-state index contributed by atoms with van der Waals surface area (Å²) >= 11 is 0. The van der Waals surface area contributed by atoms with Gasteiger partial charge < -0.3 is 55.6 Å². The van der Waals surface area contributed by atoms with Gasteiger partial charge in [0.1, 0.15) is 42.2 Å². The van der Waals surface area contributed by atoms with Crippen LogP contribution in [0.15, 0.2) is 4.99 Å². The van der Waals surface area contributed by atoms with E-state index in [4.69, 9.17) is 9.47 Å². The van der Waals surface area contributed by atoms with Gasteiger partial charge in [0.25, 0.3) is 0 Å². The molecule has 13 heteroatoms. The van der Waals surface area contributed by atoms with Gasteiger partial charge in [0, 0.05) is 31.8 Å². The Kier molecular flexibility index (Phi) is 12.8. The number of carbonyl (C=O) groups is 1. The second-order valence-electron chi connectivity index (χ2n) is 9.36. The number of nitrogens with one attached hydrogen (secondary N) is 1. The molecular weight excluding hydrogens is 456 g/mol. The minimum atomic E-state index is -1.77. The number of alkyl carbamates (subject to hydrolysis) is 1. The first-order valence-corrected chi connectivity index (χ1v) is 11.2. The average molecular weight is 497 g/mol. The number of carbonyl (C=O) groups excluding carboxylic acids is 1. The third kappa shape index (κ3) is 9.68. The van der Waals surface area contributed by atoms with Gasteiger partial charge in [-0.15, -0.1) is 0 Å². The number of hydrogen-bond donors (Lipinski definition) is 9. The number of nitrogens with zero attached hydrogens (tertiary/aromatic N) is 1. The molecule has 0 heterocycles. The fraction of sp³-hybridized carbons (Fsp3) is 0.905. The number of rotatable bonds is 12. The molecule has 1 aliphatic rings. The van der Waals surface area contributed by atoms with Gasteiger partial charge in [0.2, 0.25) is 0 Å². The lowest BCUT2D eigenvalue weighted by molar-refractivity contribution is -0.222. The van der Waals surface area contributed by atoms with Crippen LogP contribution in [0.4, 0.5) is 4.79 Å². The van der Waals surface area contributed by atoms with Gasteiger partial charge in [-0.1, -0.05) is 0 Å². The van der Waals surface area contributed by atoms with Crippen molar-refractivity contribution in [1.82, 2.24) is 5.32 Å². The molecule has 9 atom stereocenters. The van der Waals surface area contributed by atoms with Gasteiger partial charge in [-0.05, 0) is 33.6 Å². The molecule has 9 unspecified atom stereocenters. The maximum Gasteiger partial charge on any atom is 0.407 e. The van der Waals surface area contributed by atoms with Crippen molar-refractivity contribution in [1.29, 1.82) is 0 Å². The Morgan fingerprint density at radius 2 is 1.76 bits per heavy atom. The lowest BCUT2D eigenvalue weighted by Gasteiger charge is -2.42. The fourth-order valence-corrected chi connectivity index (χ4v) is 3.44. The molecule has 13 nitrogen and oxygen atoms in total. The van der Waals surface area contributed by atoms with Crippen molar-refractivity contribution in [3.63, 3.8) is 0 Å². The van der Waals surface area contributed by atoms with Gasteiger partial charge in [-0.3, -0.25) is 4.99 Å². The Hall–Kier alpha value is -1.42. The topological polar surface area (TPSA) is 222 Å². The standard InChI is InChI=1S/C21H40N2O11/c1-21(2,3)34-20(32)23-6-4-5-22-8-12(26)16(29)19(13(27)10-25)33-14-7-11(9-24)15(28)18(31)17(14)30/h8,11-19,24-31H,4-7,9-10H2,1-3H3,(H,23,32). The third-order valence-corrected chi connectivity index (χ3v) is 5.31. The van der Waals surface area contributed by atoms with E-state index >= 15 is 0 Å². The normalized spacial score (nSPS) is 29.4. The summed E-state index contributed by atoms with van der Waals surface area (Å²) in [6.45, 7) is 4.33. The molecular formula is C21H40N2O11. The molecule has 0 bridgehead atoms. The molecule has 1 rings (SSSR count). The molecule has 34 heavy (non-hydrogen) atoms. The van der Waals surface area contributed by atoms with E-state index in [-0.39, 0.29) is 19.5 Å². The number of ether oxygens (including phenoxy) is 2. The van der Waals surface area contributed by atoms with Gasteiger partial charge in [-0.2, -0.15) is 0 Å². The highest BCUT2D eigenvalue weighted by molar-refractivity contribution is 5.67. The number of aliphatic hydroxyl groups excluding tert-OH is 8. The summed E-state index contributed by atoms with van der Waals surface area (Å²) in [5, 5.41) is 82.1. The van der Waals surface area contributed by atoms with Crippen LogP contribution in [0.25, 0.3) is 0 Å². The zero-order valence-corrected chi connectivity index (χ0v) is 19.8. The SMILES string of the molecule is CC(C)(C)OC(=O)NCCCN=CC(O)C(O)C(OC1CC(CO)C(O)C(O)C1O)C(O)CO. The van der Waals surface area contributed by atoms with E-state index in [1.807, 2.05) is 0 Å². The van der Waals surface area contributed by atoms with Crippen molar-refractivity contribution in [3.8, 4) is 0 Å². The Morgan fingerprint density at radius 1 is 1.12 bits per heavy atom. The van der Waals surface area contributed by atoms with Crippen LogP contribution in [-0.2, 0) is 9.47 Å². The van der Waals surface area contributed by atoms with Crippen molar-refractivity contribution in [3.05, 3.63) is 0 Å². The highest BCUT2D eigenvalue weighted by Gasteiger charge is 2.45. The molecule has 1 aliphatic carbocycles. The first-order valence-electron chi connectivity index (χ1n) is 11.2.